The highest BCUT2D eigenvalue weighted by Crippen LogP contribution is 2.43. The molecule has 0 radical (unpaired) electrons. The summed E-state index contributed by atoms with van der Waals surface area (Å²) in [4.78, 5) is 2.39. The summed E-state index contributed by atoms with van der Waals surface area (Å²) in [7, 11) is 0. The van der Waals surface area contributed by atoms with Crippen LogP contribution in [-0.2, 0) is 0 Å². The summed E-state index contributed by atoms with van der Waals surface area (Å²) in [5.74, 6) is 0. The van der Waals surface area contributed by atoms with Gasteiger partial charge in [-0.1, -0.05) is 158 Å². The Morgan fingerprint density at radius 1 is 0.293 bits per heavy atom. The summed E-state index contributed by atoms with van der Waals surface area (Å²) >= 11 is 0. The highest BCUT2D eigenvalue weighted by Gasteiger charge is 2.19. The largest absolute Gasteiger partial charge is 0.310 e. The number of fused-ring (bicyclic) bond motifs is 5. The first kappa shape index (κ1) is 33.6. The second-order valence-corrected chi connectivity index (χ2v) is 15.0. The summed E-state index contributed by atoms with van der Waals surface area (Å²) < 4.78 is 2.42. The van der Waals surface area contributed by atoms with Crippen molar-refractivity contribution < 1.29 is 0 Å². The maximum absolute atomic E-state index is 2.42. The molecule has 0 unspecified atom stereocenters. The lowest BCUT2D eigenvalue weighted by Gasteiger charge is -2.26. The molecule has 10 aromatic carbocycles. The highest BCUT2D eigenvalue weighted by atomic mass is 15.1. The van der Waals surface area contributed by atoms with Crippen LogP contribution in [0.4, 0.5) is 17.1 Å². The monoisotopic (exact) mass is 738 g/mol. The van der Waals surface area contributed by atoms with Gasteiger partial charge in [-0.05, 0) is 128 Å². The smallest absolute Gasteiger partial charge is 0.0547 e. The van der Waals surface area contributed by atoms with Crippen molar-refractivity contribution in [3.05, 3.63) is 231 Å². The molecule has 11 aromatic rings. The average molecular weight is 739 g/mol. The molecule has 0 aliphatic carbocycles. The van der Waals surface area contributed by atoms with Gasteiger partial charge in [0.05, 0.1) is 11.0 Å². The van der Waals surface area contributed by atoms with Crippen molar-refractivity contribution in [2.24, 2.45) is 0 Å². The molecule has 2 nitrogen and oxygen atoms in total. The minimum atomic E-state index is 1.10. The van der Waals surface area contributed by atoms with E-state index in [0.717, 1.165) is 22.7 Å². The van der Waals surface area contributed by atoms with E-state index >= 15 is 0 Å². The second kappa shape index (κ2) is 14.1. The van der Waals surface area contributed by atoms with Gasteiger partial charge in [0.15, 0.2) is 0 Å². The van der Waals surface area contributed by atoms with Gasteiger partial charge < -0.3 is 9.47 Å². The van der Waals surface area contributed by atoms with Crippen LogP contribution in [0.2, 0.25) is 0 Å². The summed E-state index contributed by atoms with van der Waals surface area (Å²) in [6.07, 6.45) is 0. The van der Waals surface area contributed by atoms with Gasteiger partial charge in [-0.15, -0.1) is 0 Å². The van der Waals surface area contributed by atoms with Crippen LogP contribution in [0.5, 0.6) is 0 Å². The van der Waals surface area contributed by atoms with E-state index in [1.807, 2.05) is 0 Å². The van der Waals surface area contributed by atoms with Crippen LogP contribution in [0.15, 0.2) is 231 Å². The van der Waals surface area contributed by atoms with E-state index in [0.29, 0.717) is 0 Å². The zero-order valence-corrected chi connectivity index (χ0v) is 31.8. The van der Waals surface area contributed by atoms with Gasteiger partial charge in [-0.3, -0.25) is 0 Å². The summed E-state index contributed by atoms with van der Waals surface area (Å²) in [6.45, 7) is 0. The third-order valence-electron chi connectivity index (χ3n) is 11.5. The first-order valence-electron chi connectivity index (χ1n) is 19.9. The fourth-order valence-electron chi connectivity index (χ4n) is 8.74. The minimum Gasteiger partial charge on any atom is -0.310 e. The normalized spacial score (nSPS) is 11.4. The second-order valence-electron chi connectivity index (χ2n) is 15.0. The minimum absolute atomic E-state index is 1.10. The van der Waals surface area contributed by atoms with Gasteiger partial charge in [0.2, 0.25) is 0 Å². The Balaban J connectivity index is 1.07. The average Bonchev–Trinajstić information content (AvgIpc) is 3.62. The molecule has 0 saturated heterocycles. The molecule has 1 aromatic heterocycles. The van der Waals surface area contributed by atoms with Crippen LogP contribution in [0, 0.1) is 0 Å². The number of anilines is 3. The van der Waals surface area contributed by atoms with E-state index in [2.05, 4.69) is 240 Å². The third kappa shape index (κ3) is 5.91. The number of aromatic nitrogens is 1. The van der Waals surface area contributed by atoms with Crippen molar-refractivity contribution in [2.45, 2.75) is 0 Å². The standard InChI is InChI=1S/C56H38N2/c1-3-14-39(15-4-1)42-20-11-21-43(34-42)41-28-31-49(32-29-41)57(51-33-30-40-16-7-8-17-44(40)35-51)50-25-12-22-47(36-50)52-26-13-27-54-56(52)53-37-45-18-9-10-19-46(45)38-55(53)58(54)48-23-5-2-6-24-48/h1-38H. The third-order valence-corrected chi connectivity index (χ3v) is 11.5. The lowest BCUT2D eigenvalue weighted by molar-refractivity contribution is 1.18. The van der Waals surface area contributed by atoms with E-state index in [1.165, 1.54) is 76.7 Å². The van der Waals surface area contributed by atoms with E-state index in [4.69, 9.17) is 0 Å². The number of nitrogens with zero attached hydrogens (tertiary/aromatic N) is 2. The maximum Gasteiger partial charge on any atom is 0.0547 e. The number of hydrogen-bond donors (Lipinski definition) is 0. The molecule has 0 saturated carbocycles. The van der Waals surface area contributed by atoms with Crippen LogP contribution in [0.3, 0.4) is 0 Å². The quantitative estimate of drug-likeness (QED) is 0.158. The van der Waals surface area contributed by atoms with Crippen molar-refractivity contribution in [3.63, 3.8) is 0 Å². The maximum atomic E-state index is 2.42. The summed E-state index contributed by atoms with van der Waals surface area (Å²) in [5, 5.41) is 7.41. The molecule has 0 amide bonds. The number of para-hydroxylation sites is 1. The van der Waals surface area contributed by atoms with E-state index in [-0.39, 0.29) is 0 Å². The SMILES string of the molecule is c1ccc(-c2cccc(-c3ccc(N(c4cccc(-c5cccc6c5c5cc7ccccc7cc5n6-c5ccccc5)c4)c4ccc5ccccc5c4)cc3)c2)cc1. The summed E-state index contributed by atoms with van der Waals surface area (Å²) in [5.41, 5.74) is 14.1. The molecule has 0 spiro atoms. The van der Waals surface area contributed by atoms with E-state index < -0.39 is 0 Å². The Kier molecular flexibility index (Phi) is 8.19. The molecular weight excluding hydrogens is 701 g/mol. The lowest BCUT2D eigenvalue weighted by atomic mass is 9.97. The lowest BCUT2D eigenvalue weighted by Crippen LogP contribution is -2.10. The Bertz CT molecular complexity index is 3270. The van der Waals surface area contributed by atoms with Gasteiger partial charge in [0, 0.05) is 33.5 Å². The Morgan fingerprint density at radius 2 is 0.845 bits per heavy atom. The molecule has 0 fully saturated rings. The first-order chi connectivity index (χ1) is 28.7. The van der Waals surface area contributed by atoms with Crippen LogP contribution in [-0.4, -0.2) is 4.57 Å². The first-order valence-corrected chi connectivity index (χ1v) is 19.9. The van der Waals surface area contributed by atoms with Crippen LogP contribution in [0.1, 0.15) is 0 Å². The van der Waals surface area contributed by atoms with Gasteiger partial charge in [-0.2, -0.15) is 0 Å². The zero-order chi connectivity index (χ0) is 38.4. The molecule has 272 valence electrons. The fourth-order valence-corrected chi connectivity index (χ4v) is 8.74. The number of rotatable bonds is 7. The van der Waals surface area contributed by atoms with Crippen molar-refractivity contribution in [1.29, 1.82) is 0 Å². The Morgan fingerprint density at radius 3 is 1.60 bits per heavy atom. The van der Waals surface area contributed by atoms with Crippen LogP contribution >= 0.6 is 0 Å². The molecule has 0 aliphatic rings. The molecule has 0 N–H and O–H groups in total. The number of hydrogen-bond acceptors (Lipinski definition) is 1. The number of benzene rings is 10. The van der Waals surface area contributed by atoms with Crippen molar-refractivity contribution in [3.8, 4) is 39.1 Å². The molecule has 11 rings (SSSR count). The van der Waals surface area contributed by atoms with Crippen molar-refractivity contribution in [2.75, 3.05) is 4.90 Å². The van der Waals surface area contributed by atoms with Crippen molar-refractivity contribution in [1.82, 2.24) is 4.57 Å². The molecule has 0 bridgehead atoms. The molecule has 1 heterocycles. The predicted molar refractivity (Wildman–Crippen MR) is 247 cm³/mol. The Labute approximate surface area is 338 Å². The molecule has 0 aliphatic heterocycles. The van der Waals surface area contributed by atoms with Gasteiger partial charge in [-0.25, -0.2) is 0 Å². The predicted octanol–water partition coefficient (Wildman–Crippen LogP) is 15.6. The molecule has 2 heteroatoms. The van der Waals surface area contributed by atoms with Gasteiger partial charge in [0.25, 0.3) is 0 Å². The van der Waals surface area contributed by atoms with Gasteiger partial charge in [0.1, 0.15) is 0 Å². The van der Waals surface area contributed by atoms with E-state index in [9.17, 15) is 0 Å². The summed E-state index contributed by atoms with van der Waals surface area (Å²) in [6, 6.07) is 83.7. The topological polar surface area (TPSA) is 8.17 Å². The van der Waals surface area contributed by atoms with Crippen LogP contribution in [0.25, 0.3) is 82.4 Å². The van der Waals surface area contributed by atoms with Crippen LogP contribution < -0.4 is 4.90 Å². The Hall–Kier alpha value is -7.68. The highest BCUT2D eigenvalue weighted by molar-refractivity contribution is 6.18. The fraction of sp³-hybridized carbons (Fsp3) is 0. The van der Waals surface area contributed by atoms with Crippen molar-refractivity contribution >= 4 is 60.4 Å². The van der Waals surface area contributed by atoms with E-state index in [1.54, 1.807) is 0 Å². The van der Waals surface area contributed by atoms with Gasteiger partial charge >= 0.3 is 0 Å². The molecule has 58 heavy (non-hydrogen) atoms. The zero-order valence-electron chi connectivity index (χ0n) is 31.8. The molecule has 0 atom stereocenters. The molecular formula is C56H38N2.